The molecule has 1 aliphatic carbocycles. The highest BCUT2D eigenvalue weighted by atomic mass is 15.2. The molecule has 0 spiro atoms. The minimum Gasteiger partial charge on any atom is -0.300 e. The van der Waals surface area contributed by atoms with Crippen molar-refractivity contribution in [3.05, 3.63) is 0 Å². The van der Waals surface area contributed by atoms with Gasteiger partial charge in [0.05, 0.1) is 0 Å². The molecule has 2 fully saturated rings. The van der Waals surface area contributed by atoms with Gasteiger partial charge >= 0.3 is 0 Å². The topological polar surface area (TPSA) is 3.24 Å². The maximum atomic E-state index is 2.60. The van der Waals surface area contributed by atoms with Crippen molar-refractivity contribution in [1.82, 2.24) is 4.90 Å². The van der Waals surface area contributed by atoms with Crippen molar-refractivity contribution < 1.29 is 0 Å². The molecule has 2 aliphatic rings. The molecule has 1 heteroatoms. The Morgan fingerprint density at radius 1 is 1.18 bits per heavy atom. The maximum absolute atomic E-state index is 2.60. The van der Waals surface area contributed by atoms with Gasteiger partial charge in [-0.05, 0) is 38.6 Å². The van der Waals surface area contributed by atoms with Gasteiger partial charge in [0.2, 0.25) is 0 Å². The van der Waals surface area contributed by atoms with Gasteiger partial charge in [0.25, 0.3) is 0 Å². The third-order valence-electron chi connectivity index (χ3n) is 4.13. The van der Waals surface area contributed by atoms with E-state index in [4.69, 9.17) is 0 Å². The number of rotatable bonds is 0. The Balaban J connectivity index is 2.17. The SMILES string of the molecule is CC1C2CCCC2N(C)C1C. The Morgan fingerprint density at radius 2 is 1.91 bits per heavy atom. The second kappa shape index (κ2) is 2.48. The minimum absolute atomic E-state index is 0.824. The van der Waals surface area contributed by atoms with Gasteiger partial charge < -0.3 is 4.90 Å². The first-order valence-electron chi connectivity index (χ1n) is 4.93. The van der Waals surface area contributed by atoms with Crippen molar-refractivity contribution in [1.29, 1.82) is 0 Å². The summed E-state index contributed by atoms with van der Waals surface area (Å²) in [5, 5.41) is 0. The van der Waals surface area contributed by atoms with E-state index in [0.29, 0.717) is 0 Å². The van der Waals surface area contributed by atoms with Crippen LogP contribution in [0.15, 0.2) is 0 Å². The van der Waals surface area contributed by atoms with Crippen LogP contribution >= 0.6 is 0 Å². The molecule has 4 atom stereocenters. The molecule has 1 nitrogen and oxygen atoms in total. The molecular weight excluding hydrogens is 134 g/mol. The largest absolute Gasteiger partial charge is 0.300 e. The number of likely N-dealkylation sites (tertiary alicyclic amines) is 1. The molecule has 2 rings (SSSR count). The molecule has 0 N–H and O–H groups in total. The van der Waals surface area contributed by atoms with Gasteiger partial charge in [-0.3, -0.25) is 0 Å². The summed E-state index contributed by atoms with van der Waals surface area (Å²) in [7, 11) is 2.30. The zero-order valence-electron chi connectivity index (χ0n) is 7.88. The van der Waals surface area contributed by atoms with E-state index in [-0.39, 0.29) is 0 Å². The maximum Gasteiger partial charge on any atom is 0.0126 e. The summed E-state index contributed by atoms with van der Waals surface area (Å²) in [6, 6.07) is 1.75. The lowest BCUT2D eigenvalue weighted by atomic mass is 9.91. The quantitative estimate of drug-likeness (QED) is 0.515. The van der Waals surface area contributed by atoms with Crippen molar-refractivity contribution in [3.8, 4) is 0 Å². The zero-order valence-corrected chi connectivity index (χ0v) is 7.88. The van der Waals surface area contributed by atoms with Crippen LogP contribution in [0, 0.1) is 11.8 Å². The highest BCUT2D eigenvalue weighted by Gasteiger charge is 2.44. The lowest BCUT2D eigenvalue weighted by Gasteiger charge is -2.22. The summed E-state index contributed by atoms with van der Waals surface area (Å²) in [5.41, 5.74) is 0. The van der Waals surface area contributed by atoms with E-state index in [9.17, 15) is 0 Å². The van der Waals surface area contributed by atoms with Gasteiger partial charge in [-0.2, -0.15) is 0 Å². The van der Waals surface area contributed by atoms with Crippen molar-refractivity contribution in [2.75, 3.05) is 7.05 Å². The van der Waals surface area contributed by atoms with Crippen molar-refractivity contribution >= 4 is 0 Å². The van der Waals surface area contributed by atoms with Crippen molar-refractivity contribution in [2.45, 2.75) is 45.2 Å². The average molecular weight is 153 g/mol. The van der Waals surface area contributed by atoms with Crippen LogP contribution in [0.25, 0.3) is 0 Å². The summed E-state index contributed by atoms with van der Waals surface area (Å²) in [5.74, 6) is 1.96. The summed E-state index contributed by atoms with van der Waals surface area (Å²) >= 11 is 0. The first kappa shape index (κ1) is 7.60. The number of hydrogen-bond donors (Lipinski definition) is 0. The van der Waals surface area contributed by atoms with Crippen LogP contribution in [0.1, 0.15) is 33.1 Å². The summed E-state index contributed by atoms with van der Waals surface area (Å²) in [6.45, 7) is 4.81. The monoisotopic (exact) mass is 153 g/mol. The van der Waals surface area contributed by atoms with Gasteiger partial charge in [-0.25, -0.2) is 0 Å². The highest BCUT2D eigenvalue weighted by Crippen LogP contribution is 2.43. The van der Waals surface area contributed by atoms with Gasteiger partial charge in [0.1, 0.15) is 0 Å². The molecule has 0 amide bonds. The number of hydrogen-bond acceptors (Lipinski definition) is 1. The predicted molar refractivity (Wildman–Crippen MR) is 47.5 cm³/mol. The molecule has 1 heterocycles. The van der Waals surface area contributed by atoms with E-state index in [0.717, 1.165) is 23.9 Å². The van der Waals surface area contributed by atoms with Crippen LogP contribution in [0.4, 0.5) is 0 Å². The number of nitrogens with zero attached hydrogens (tertiary/aromatic N) is 1. The van der Waals surface area contributed by atoms with E-state index < -0.39 is 0 Å². The van der Waals surface area contributed by atoms with Crippen LogP contribution in [-0.4, -0.2) is 24.0 Å². The van der Waals surface area contributed by atoms with Crippen LogP contribution in [0.5, 0.6) is 0 Å². The first-order valence-corrected chi connectivity index (χ1v) is 4.93. The third kappa shape index (κ3) is 0.936. The van der Waals surface area contributed by atoms with E-state index >= 15 is 0 Å². The second-order valence-electron chi connectivity index (χ2n) is 4.43. The van der Waals surface area contributed by atoms with Gasteiger partial charge in [0, 0.05) is 12.1 Å². The van der Waals surface area contributed by atoms with E-state index in [2.05, 4.69) is 25.8 Å². The molecule has 1 aliphatic heterocycles. The fraction of sp³-hybridized carbons (Fsp3) is 1.00. The lowest BCUT2D eigenvalue weighted by molar-refractivity contribution is 0.237. The Morgan fingerprint density at radius 3 is 2.55 bits per heavy atom. The Labute approximate surface area is 69.8 Å². The summed E-state index contributed by atoms with van der Waals surface area (Å²) in [4.78, 5) is 2.60. The minimum atomic E-state index is 0.824. The second-order valence-corrected chi connectivity index (χ2v) is 4.43. The highest BCUT2D eigenvalue weighted by molar-refractivity contribution is 4.97. The summed E-state index contributed by atoms with van der Waals surface area (Å²) in [6.07, 6.45) is 4.41. The Bertz CT molecular complexity index is 139. The van der Waals surface area contributed by atoms with Gasteiger partial charge in [0.15, 0.2) is 0 Å². The summed E-state index contributed by atoms with van der Waals surface area (Å²) < 4.78 is 0. The van der Waals surface area contributed by atoms with Crippen molar-refractivity contribution in [2.24, 2.45) is 11.8 Å². The first-order chi connectivity index (χ1) is 5.22. The van der Waals surface area contributed by atoms with E-state index in [1.807, 2.05) is 0 Å². The van der Waals surface area contributed by atoms with Crippen LogP contribution in [0.2, 0.25) is 0 Å². The molecule has 0 aromatic carbocycles. The third-order valence-corrected chi connectivity index (χ3v) is 4.13. The molecule has 1 saturated carbocycles. The van der Waals surface area contributed by atoms with Crippen LogP contribution in [-0.2, 0) is 0 Å². The Kier molecular flexibility index (Phi) is 1.71. The molecule has 64 valence electrons. The molecular formula is C10H19N. The van der Waals surface area contributed by atoms with Crippen LogP contribution in [0.3, 0.4) is 0 Å². The average Bonchev–Trinajstić information content (AvgIpc) is 2.53. The standard InChI is InChI=1S/C10H19N/c1-7-8(2)11(3)10-6-4-5-9(7)10/h7-10H,4-6H2,1-3H3. The normalized spacial score (nSPS) is 51.5. The molecule has 0 aromatic heterocycles. The predicted octanol–water partition coefficient (Wildman–Crippen LogP) is 2.13. The van der Waals surface area contributed by atoms with E-state index in [1.165, 1.54) is 19.3 Å². The molecule has 11 heavy (non-hydrogen) atoms. The molecule has 0 aromatic rings. The van der Waals surface area contributed by atoms with Gasteiger partial charge in [-0.1, -0.05) is 13.3 Å². The van der Waals surface area contributed by atoms with Crippen LogP contribution < -0.4 is 0 Å². The number of fused-ring (bicyclic) bond motifs is 1. The Hall–Kier alpha value is -0.0400. The fourth-order valence-corrected chi connectivity index (χ4v) is 3.12. The lowest BCUT2D eigenvalue weighted by Crippen LogP contribution is -2.30. The van der Waals surface area contributed by atoms with Crippen molar-refractivity contribution in [3.63, 3.8) is 0 Å². The van der Waals surface area contributed by atoms with Gasteiger partial charge in [-0.15, -0.1) is 0 Å². The molecule has 0 radical (unpaired) electrons. The molecule has 4 unspecified atom stereocenters. The smallest absolute Gasteiger partial charge is 0.0126 e. The zero-order chi connectivity index (χ0) is 8.01. The molecule has 1 saturated heterocycles. The molecule has 0 bridgehead atoms. The fourth-order valence-electron chi connectivity index (χ4n) is 3.12. The van der Waals surface area contributed by atoms with E-state index in [1.54, 1.807) is 0 Å².